The summed E-state index contributed by atoms with van der Waals surface area (Å²) < 4.78 is 0. The van der Waals surface area contributed by atoms with Crippen LogP contribution in [0.25, 0.3) is 0 Å². The van der Waals surface area contributed by atoms with Gasteiger partial charge in [0.2, 0.25) is 5.91 Å². The van der Waals surface area contributed by atoms with Gasteiger partial charge in [-0.3, -0.25) is 4.79 Å². The lowest BCUT2D eigenvalue weighted by atomic mass is 10.0. The molecule has 0 saturated carbocycles. The summed E-state index contributed by atoms with van der Waals surface area (Å²) in [6.07, 6.45) is 62.3. The van der Waals surface area contributed by atoms with Crippen LogP contribution in [0.4, 0.5) is 0 Å². The number of allylic oxidation sites excluding steroid dienone is 4. The van der Waals surface area contributed by atoms with Gasteiger partial charge in [0, 0.05) is 6.42 Å². The van der Waals surface area contributed by atoms with E-state index in [1.807, 2.05) is 0 Å². The van der Waals surface area contributed by atoms with Gasteiger partial charge in [0.15, 0.2) is 0 Å². The summed E-state index contributed by atoms with van der Waals surface area (Å²) in [6, 6.07) is -0.821. The van der Waals surface area contributed by atoms with Crippen LogP contribution in [0.3, 0.4) is 0 Å². The molecule has 3 unspecified atom stereocenters. The van der Waals surface area contributed by atoms with Crippen LogP contribution in [0.2, 0.25) is 0 Å². The molecule has 0 rings (SSSR count). The fourth-order valence-corrected chi connectivity index (χ4v) is 8.40. The minimum Gasteiger partial charge on any atom is -0.394 e. The summed E-state index contributed by atoms with van der Waals surface area (Å²) in [6.45, 7) is 4.12. The SMILES string of the molecule is CCCCC/C=C/CCCC(O)C(O)C(CO)NC(=O)CCCCCCCCCCCCCCCCCCC/C=C\CCCCCCCCCCCCCCCCCC. The first kappa shape index (κ1) is 57.8. The highest BCUT2D eigenvalue weighted by Crippen LogP contribution is 2.17. The molecule has 0 fully saturated rings. The van der Waals surface area contributed by atoms with Crippen LogP contribution in [0, 0.1) is 0 Å². The average Bonchev–Trinajstić information content (AvgIpc) is 3.24. The fraction of sp³-hybridized carbons (Fsp3) is 0.907. The lowest BCUT2D eigenvalue weighted by Crippen LogP contribution is -2.50. The van der Waals surface area contributed by atoms with E-state index in [1.54, 1.807) is 0 Å². The molecule has 0 aromatic rings. The van der Waals surface area contributed by atoms with Crippen LogP contribution in [0.5, 0.6) is 0 Å². The molecule has 5 heteroatoms. The molecular formula is C54H105NO4. The maximum Gasteiger partial charge on any atom is 0.220 e. The lowest BCUT2D eigenvalue weighted by molar-refractivity contribution is -0.124. The highest BCUT2D eigenvalue weighted by Gasteiger charge is 2.26. The zero-order valence-electron chi connectivity index (χ0n) is 39.9. The van der Waals surface area contributed by atoms with Crippen molar-refractivity contribution in [2.45, 2.75) is 308 Å². The highest BCUT2D eigenvalue weighted by atomic mass is 16.3. The molecule has 0 saturated heterocycles. The third-order valence-electron chi connectivity index (χ3n) is 12.5. The zero-order valence-corrected chi connectivity index (χ0v) is 39.9. The molecule has 0 heterocycles. The molecule has 0 aliphatic carbocycles. The maximum atomic E-state index is 12.4. The average molecular weight is 832 g/mol. The number of carbonyl (C=O) groups is 1. The van der Waals surface area contributed by atoms with Crippen LogP contribution in [-0.4, -0.2) is 46.1 Å². The van der Waals surface area contributed by atoms with E-state index in [4.69, 9.17) is 0 Å². The number of aliphatic hydroxyl groups is 3. The summed E-state index contributed by atoms with van der Waals surface area (Å²) in [4.78, 5) is 12.4. The van der Waals surface area contributed by atoms with Crippen LogP contribution in [-0.2, 0) is 4.79 Å². The van der Waals surface area contributed by atoms with Gasteiger partial charge in [0.05, 0.1) is 18.8 Å². The summed E-state index contributed by atoms with van der Waals surface area (Å²) in [5, 5.41) is 33.3. The molecule has 1 amide bonds. The molecule has 0 radical (unpaired) electrons. The van der Waals surface area contributed by atoms with E-state index in [1.165, 1.54) is 225 Å². The van der Waals surface area contributed by atoms with Crippen molar-refractivity contribution in [3.05, 3.63) is 24.3 Å². The Kier molecular flexibility index (Phi) is 48.5. The molecule has 59 heavy (non-hydrogen) atoms. The topological polar surface area (TPSA) is 89.8 Å². The normalized spacial score (nSPS) is 13.5. The first-order chi connectivity index (χ1) is 29.1. The second-order valence-corrected chi connectivity index (χ2v) is 18.4. The van der Waals surface area contributed by atoms with Crippen molar-refractivity contribution in [1.29, 1.82) is 0 Å². The number of rotatable bonds is 49. The summed E-state index contributed by atoms with van der Waals surface area (Å²) in [7, 11) is 0. The van der Waals surface area contributed by atoms with E-state index in [0.717, 1.165) is 38.5 Å². The van der Waals surface area contributed by atoms with Gasteiger partial charge in [0.1, 0.15) is 6.10 Å². The Morgan fingerprint density at radius 2 is 0.678 bits per heavy atom. The summed E-state index contributed by atoms with van der Waals surface area (Å²) in [5.74, 6) is -0.153. The van der Waals surface area contributed by atoms with E-state index < -0.39 is 18.2 Å². The molecule has 3 atom stereocenters. The molecule has 0 aliphatic heterocycles. The summed E-state index contributed by atoms with van der Waals surface area (Å²) in [5.41, 5.74) is 0. The minimum absolute atomic E-state index is 0.153. The van der Waals surface area contributed by atoms with Crippen molar-refractivity contribution < 1.29 is 20.1 Å². The van der Waals surface area contributed by atoms with Crippen LogP contribution in [0.15, 0.2) is 24.3 Å². The quantitative estimate of drug-likeness (QED) is 0.0363. The van der Waals surface area contributed by atoms with Crippen LogP contribution in [0.1, 0.15) is 290 Å². The zero-order chi connectivity index (χ0) is 43.0. The van der Waals surface area contributed by atoms with E-state index >= 15 is 0 Å². The third-order valence-corrected chi connectivity index (χ3v) is 12.5. The number of carbonyl (C=O) groups excluding carboxylic acids is 1. The number of amides is 1. The van der Waals surface area contributed by atoms with Crippen molar-refractivity contribution in [3.8, 4) is 0 Å². The highest BCUT2D eigenvalue weighted by molar-refractivity contribution is 5.76. The van der Waals surface area contributed by atoms with Crippen LogP contribution < -0.4 is 5.32 Å². The van der Waals surface area contributed by atoms with Crippen molar-refractivity contribution in [2.75, 3.05) is 6.61 Å². The number of hydrogen-bond acceptors (Lipinski definition) is 4. The smallest absolute Gasteiger partial charge is 0.220 e. The third kappa shape index (κ3) is 44.7. The van der Waals surface area contributed by atoms with Gasteiger partial charge in [-0.15, -0.1) is 0 Å². The Balaban J connectivity index is 3.40. The molecule has 0 aliphatic rings. The Morgan fingerprint density at radius 1 is 0.407 bits per heavy atom. The van der Waals surface area contributed by atoms with Gasteiger partial charge < -0.3 is 20.6 Å². The van der Waals surface area contributed by atoms with Gasteiger partial charge in [0.25, 0.3) is 0 Å². The molecule has 0 aromatic heterocycles. The van der Waals surface area contributed by atoms with Gasteiger partial charge >= 0.3 is 0 Å². The lowest BCUT2D eigenvalue weighted by Gasteiger charge is -2.26. The predicted molar refractivity (Wildman–Crippen MR) is 259 cm³/mol. The first-order valence-electron chi connectivity index (χ1n) is 26.6. The van der Waals surface area contributed by atoms with E-state index in [-0.39, 0.29) is 12.5 Å². The molecule has 0 bridgehead atoms. The largest absolute Gasteiger partial charge is 0.394 e. The van der Waals surface area contributed by atoms with Gasteiger partial charge in [-0.2, -0.15) is 0 Å². The van der Waals surface area contributed by atoms with E-state index in [9.17, 15) is 20.1 Å². The second kappa shape index (κ2) is 49.5. The van der Waals surface area contributed by atoms with Crippen molar-refractivity contribution in [3.63, 3.8) is 0 Å². The molecule has 350 valence electrons. The van der Waals surface area contributed by atoms with Gasteiger partial charge in [-0.05, 0) is 64.2 Å². The standard InChI is InChI=1S/C54H105NO4/c1-3-5-7-9-11-13-14-15-16-17-18-19-20-21-22-23-24-25-26-27-28-29-30-31-32-33-34-35-36-37-38-39-40-41-43-45-47-49-53(58)55-51(50-56)54(59)52(57)48-46-44-42-12-10-8-6-4-2/h12,25-26,42,51-52,54,56-57,59H,3-11,13-24,27-41,43-50H2,1-2H3,(H,55,58)/b26-25-,42-12+. The minimum atomic E-state index is -1.15. The monoisotopic (exact) mass is 832 g/mol. The van der Waals surface area contributed by atoms with E-state index in [2.05, 4.69) is 43.5 Å². The van der Waals surface area contributed by atoms with E-state index in [0.29, 0.717) is 12.8 Å². The molecule has 4 N–H and O–H groups in total. The molecule has 0 spiro atoms. The van der Waals surface area contributed by atoms with Crippen molar-refractivity contribution in [1.82, 2.24) is 5.32 Å². The molecular weight excluding hydrogens is 727 g/mol. The van der Waals surface area contributed by atoms with Crippen LogP contribution >= 0.6 is 0 Å². The number of hydrogen-bond donors (Lipinski definition) is 4. The number of nitrogens with one attached hydrogen (secondary N) is 1. The first-order valence-corrected chi connectivity index (χ1v) is 26.6. The Labute approximate surface area is 369 Å². The fourth-order valence-electron chi connectivity index (χ4n) is 8.40. The van der Waals surface area contributed by atoms with Gasteiger partial charge in [-0.1, -0.05) is 244 Å². The van der Waals surface area contributed by atoms with Crippen molar-refractivity contribution in [2.24, 2.45) is 0 Å². The Bertz CT molecular complexity index is 874. The number of aliphatic hydroxyl groups excluding tert-OH is 3. The molecule has 5 nitrogen and oxygen atoms in total. The predicted octanol–water partition coefficient (Wildman–Crippen LogP) is 16.1. The van der Waals surface area contributed by atoms with Crippen molar-refractivity contribution >= 4 is 5.91 Å². The summed E-state index contributed by atoms with van der Waals surface area (Å²) >= 11 is 0. The Hall–Kier alpha value is -1.17. The number of unbranched alkanes of at least 4 members (excludes halogenated alkanes) is 37. The van der Waals surface area contributed by atoms with Gasteiger partial charge in [-0.25, -0.2) is 0 Å². The Morgan fingerprint density at radius 3 is 1.02 bits per heavy atom. The maximum absolute atomic E-state index is 12.4. The second-order valence-electron chi connectivity index (χ2n) is 18.4. The molecule has 0 aromatic carbocycles.